The number of nitrogens with zero attached hydrogens (tertiary/aromatic N) is 8. The lowest BCUT2D eigenvalue weighted by molar-refractivity contribution is -0.122. The van der Waals surface area contributed by atoms with Crippen molar-refractivity contribution in [1.29, 1.82) is 0 Å². The third kappa shape index (κ3) is 12.0. The maximum absolute atomic E-state index is 14.3. The van der Waals surface area contributed by atoms with E-state index in [1.165, 1.54) is 75.1 Å². The van der Waals surface area contributed by atoms with Gasteiger partial charge in [-0.05, 0) is 37.0 Å². The Balaban J connectivity index is 1.06. The SMILES string of the molecule is CCCc1sc2nc1C(=O)NCC(=O)NC(C(O)c1ccccc1)c1nc(cs1)-c1nc(cs1)-c1nc(-c3nc(C4=NC(C=O)CO4)cs3)ccc1-c1nc(cs1)C(=O)NC(CC(=O)NC)c1nc(c(C)s1)C(=O)NC2C(C)C. The van der Waals surface area contributed by atoms with Crippen LogP contribution in [0, 0.1) is 12.8 Å². The second-order valence-electron chi connectivity index (χ2n) is 18.4. The number of hydrogen-bond donors (Lipinski definition) is 6. The van der Waals surface area contributed by atoms with Crippen molar-refractivity contribution in [3.05, 3.63) is 117 Å². The van der Waals surface area contributed by atoms with E-state index in [0.717, 1.165) is 6.29 Å². The summed E-state index contributed by atoms with van der Waals surface area (Å²) in [5.41, 5.74) is 3.56. The van der Waals surface area contributed by atoms with Gasteiger partial charge in [-0.3, -0.25) is 24.0 Å². The molecule has 6 N–H and O–H groups in total. The van der Waals surface area contributed by atoms with Crippen LogP contribution in [0.3, 0.4) is 0 Å². The van der Waals surface area contributed by atoms with Crippen molar-refractivity contribution in [3.63, 3.8) is 0 Å². The molecule has 79 heavy (non-hydrogen) atoms. The summed E-state index contributed by atoms with van der Waals surface area (Å²) in [6.45, 7) is 7.20. The molecule has 0 saturated carbocycles. The minimum Gasteiger partial charge on any atom is -0.474 e. The molecule has 0 aliphatic carbocycles. The fourth-order valence-corrected chi connectivity index (χ4v) is 14.1. The number of aliphatic hydroxyl groups excluding tert-OH is 1. The molecule has 5 unspecified atom stereocenters. The highest BCUT2D eigenvalue weighted by molar-refractivity contribution is 7.15. The van der Waals surface area contributed by atoms with E-state index >= 15 is 0 Å². The number of aromatic nitrogens is 7. The average Bonchev–Trinajstić information content (AvgIpc) is 4.33. The Labute approximate surface area is 475 Å². The summed E-state index contributed by atoms with van der Waals surface area (Å²) in [7, 11) is 1.49. The average molecular weight is 1180 g/mol. The molecule has 0 spiro atoms. The Bertz CT molecular complexity index is 3640. The number of carbonyl (C=O) groups is 6. The number of ether oxygens (including phenoxy) is 1. The first kappa shape index (κ1) is 54.9. The Morgan fingerprint density at radius 2 is 1.44 bits per heavy atom. The van der Waals surface area contributed by atoms with Gasteiger partial charge < -0.3 is 41.2 Å². The number of amides is 5. The van der Waals surface area contributed by atoms with Gasteiger partial charge in [0.2, 0.25) is 17.7 Å². The van der Waals surface area contributed by atoms with Gasteiger partial charge in [-0.25, -0.2) is 39.9 Å². The number of fused-ring (bicyclic) bond motifs is 14. The molecule has 0 radical (unpaired) electrons. The highest BCUT2D eigenvalue weighted by Gasteiger charge is 2.33. The molecular formula is C52H49N13O8S6. The normalized spacial score (nSPS) is 18.4. The van der Waals surface area contributed by atoms with Crippen molar-refractivity contribution in [2.45, 2.75) is 77.2 Å². The molecular weight excluding hydrogens is 1130 g/mol. The van der Waals surface area contributed by atoms with Crippen molar-refractivity contribution < 1.29 is 38.6 Å². The number of nitrogens with one attached hydrogen (secondary N) is 5. The van der Waals surface area contributed by atoms with E-state index in [1.54, 1.807) is 53.4 Å². The third-order valence-electron chi connectivity index (χ3n) is 12.5. The number of aliphatic hydroxyl groups is 1. The number of aldehydes is 1. The first-order valence-electron chi connectivity index (χ1n) is 24.8. The van der Waals surface area contributed by atoms with Gasteiger partial charge in [-0.15, -0.1) is 68.0 Å². The van der Waals surface area contributed by atoms with Gasteiger partial charge in [-0.2, -0.15) is 0 Å². The van der Waals surface area contributed by atoms with Gasteiger partial charge in [0.1, 0.15) is 101 Å². The van der Waals surface area contributed by atoms with Gasteiger partial charge in [0.15, 0.2) is 0 Å². The molecule has 8 aromatic rings. The Hall–Kier alpha value is -7.40. The number of thiazole rings is 6. The molecule has 0 saturated heterocycles. The van der Waals surface area contributed by atoms with Crippen LogP contribution in [0.4, 0.5) is 0 Å². The van der Waals surface area contributed by atoms with Crippen LogP contribution in [-0.2, 0) is 25.5 Å². The van der Waals surface area contributed by atoms with Crippen LogP contribution >= 0.6 is 68.0 Å². The molecule has 21 nitrogen and oxygen atoms in total. The second-order valence-corrected chi connectivity index (χ2v) is 24.3. The van der Waals surface area contributed by atoms with E-state index in [-0.39, 0.29) is 47.8 Å². The van der Waals surface area contributed by atoms with Crippen molar-refractivity contribution >= 4 is 110 Å². The summed E-state index contributed by atoms with van der Waals surface area (Å²) in [5, 5.41) is 35.7. The van der Waals surface area contributed by atoms with Crippen LogP contribution in [0.5, 0.6) is 0 Å². The lowest BCUT2D eigenvalue weighted by Crippen LogP contribution is -2.40. The molecule has 5 atom stereocenters. The highest BCUT2D eigenvalue weighted by Crippen LogP contribution is 2.40. The lowest BCUT2D eigenvalue weighted by Gasteiger charge is -2.23. The Kier molecular flexibility index (Phi) is 16.6. The molecule has 10 rings (SSSR count). The predicted octanol–water partition coefficient (Wildman–Crippen LogP) is 7.46. The Morgan fingerprint density at radius 1 is 0.734 bits per heavy atom. The quantitative estimate of drug-likeness (QED) is 0.0724. The minimum atomic E-state index is -1.25. The molecule has 1 aromatic carbocycles. The molecule has 0 fully saturated rings. The summed E-state index contributed by atoms with van der Waals surface area (Å²) >= 11 is 7.47. The molecule has 9 heterocycles. The topological polar surface area (TPSA) is 295 Å². The van der Waals surface area contributed by atoms with Crippen LogP contribution in [0.15, 0.2) is 69.0 Å². The number of hydrogen-bond acceptors (Lipinski definition) is 22. The number of carbonyl (C=O) groups excluding carboxylic acids is 6. The first-order valence-corrected chi connectivity index (χ1v) is 29.9. The van der Waals surface area contributed by atoms with E-state index in [1.807, 2.05) is 38.3 Å². The van der Waals surface area contributed by atoms with Crippen LogP contribution in [-0.4, -0.2) is 108 Å². The number of aryl methyl sites for hydroxylation is 2. The zero-order chi connectivity index (χ0) is 55.5. The zero-order valence-corrected chi connectivity index (χ0v) is 47.7. The lowest BCUT2D eigenvalue weighted by atomic mass is 10.0. The molecule has 7 aromatic heterocycles. The van der Waals surface area contributed by atoms with E-state index in [0.29, 0.717) is 92.2 Å². The van der Waals surface area contributed by atoms with Gasteiger partial charge in [0.25, 0.3) is 17.7 Å². The van der Waals surface area contributed by atoms with Crippen LogP contribution in [0.2, 0.25) is 0 Å². The third-order valence-corrected chi connectivity index (χ3v) is 18.3. The largest absolute Gasteiger partial charge is 0.474 e. The smallest absolute Gasteiger partial charge is 0.271 e. The second kappa shape index (κ2) is 23.9. The van der Waals surface area contributed by atoms with Crippen molar-refractivity contribution in [2.75, 3.05) is 20.2 Å². The van der Waals surface area contributed by atoms with Gasteiger partial charge in [0.05, 0.1) is 30.7 Å². The van der Waals surface area contributed by atoms with Crippen molar-refractivity contribution in [1.82, 2.24) is 61.5 Å². The van der Waals surface area contributed by atoms with Crippen molar-refractivity contribution in [2.24, 2.45) is 10.9 Å². The van der Waals surface area contributed by atoms with E-state index in [4.69, 9.17) is 39.6 Å². The molecule has 10 bridgehead atoms. The minimum absolute atomic E-state index is 0.0506. The number of pyridine rings is 1. The van der Waals surface area contributed by atoms with Gasteiger partial charge >= 0.3 is 0 Å². The van der Waals surface area contributed by atoms with Crippen molar-refractivity contribution in [3.8, 4) is 43.4 Å². The summed E-state index contributed by atoms with van der Waals surface area (Å²) in [6, 6.07) is 9.15. The Morgan fingerprint density at radius 3 is 2.19 bits per heavy atom. The maximum atomic E-state index is 14.3. The van der Waals surface area contributed by atoms with E-state index < -0.39 is 60.4 Å². The summed E-state index contributed by atoms with van der Waals surface area (Å²) < 4.78 is 5.65. The summed E-state index contributed by atoms with van der Waals surface area (Å²) in [6.07, 6.45) is 0.474. The van der Waals surface area contributed by atoms with E-state index in [2.05, 4.69) is 31.6 Å². The molecule has 2 aliphatic rings. The number of aliphatic imine (C=N–C) groups is 1. The monoisotopic (exact) mass is 1180 g/mol. The first-order chi connectivity index (χ1) is 38.2. The van der Waals surface area contributed by atoms with Crippen LogP contribution in [0.25, 0.3) is 43.4 Å². The molecule has 5 amide bonds. The summed E-state index contributed by atoms with van der Waals surface area (Å²) in [4.78, 5) is 120. The maximum Gasteiger partial charge on any atom is 0.271 e. The van der Waals surface area contributed by atoms with Crippen LogP contribution in [0.1, 0.15) is 125 Å². The van der Waals surface area contributed by atoms with E-state index in [9.17, 15) is 33.9 Å². The van der Waals surface area contributed by atoms with Gasteiger partial charge in [0, 0.05) is 43.9 Å². The standard InChI is InChI=1S/C52H49N13O8S6/c1-6-10-34-40-44(71)54-16-36(68)62-41(42(69)25-11-8-7-9-12-25)51-61-33(22-77-51)49-58-30(19-75-49)39-27(13-14-28(56-39)48-60-32(21-76-48)46-55-26(17-66)18-73-46)47-59-31(20-74-47)43(70)57-29(15-35(67)53-5)50-64-38(24(4)78-50)45(72)63-37(23(2)3)52(65-40)79-34/h7-9,11-14,17,19-23,26,29,37,41-42,69H,6,10,15-16,18H2,1-5H3,(H,53,67)(H,54,71)(H,57,70)(H,62,68)(H,63,72). The highest BCUT2D eigenvalue weighted by atomic mass is 32.1. The zero-order valence-electron chi connectivity index (χ0n) is 42.8. The molecule has 406 valence electrons. The number of rotatable bonds is 10. The summed E-state index contributed by atoms with van der Waals surface area (Å²) in [5.74, 6) is -2.62. The predicted molar refractivity (Wildman–Crippen MR) is 303 cm³/mol. The fraction of sp³-hybridized carbons (Fsp3) is 0.308. The van der Waals surface area contributed by atoms with Crippen LogP contribution < -0.4 is 26.6 Å². The fourth-order valence-electron chi connectivity index (χ4n) is 8.45. The van der Waals surface area contributed by atoms with Gasteiger partial charge in [-0.1, -0.05) is 57.5 Å². The number of benzene rings is 1. The molecule has 2 aliphatic heterocycles. The molecule has 27 heteroatoms.